The maximum atomic E-state index is 6.36. The van der Waals surface area contributed by atoms with E-state index in [-0.39, 0.29) is 0 Å². The van der Waals surface area contributed by atoms with E-state index >= 15 is 0 Å². The van der Waals surface area contributed by atoms with Crippen molar-refractivity contribution in [2.24, 2.45) is 11.7 Å². The van der Waals surface area contributed by atoms with Crippen LogP contribution in [0.1, 0.15) is 58.3 Å². The maximum absolute atomic E-state index is 6.36. The second kappa shape index (κ2) is 5.31. The quantitative estimate of drug-likeness (QED) is 0.713. The van der Waals surface area contributed by atoms with Gasteiger partial charge in [0, 0.05) is 6.04 Å². The molecule has 0 aromatic heterocycles. The molecule has 0 spiro atoms. The standard InChI is InChI=1S/C13H25NO/c1-10-8-9-12(15-10)13(14)11-6-4-2-3-5-7-11/h10-13H,2-9,14H2,1H3. The fourth-order valence-corrected chi connectivity index (χ4v) is 3.12. The summed E-state index contributed by atoms with van der Waals surface area (Å²) in [5.74, 6) is 0.725. The first kappa shape index (κ1) is 11.4. The van der Waals surface area contributed by atoms with Crippen LogP contribution in [0.15, 0.2) is 0 Å². The average Bonchev–Trinajstić information content (AvgIpc) is 2.53. The van der Waals surface area contributed by atoms with Crippen molar-refractivity contribution in [2.45, 2.75) is 76.5 Å². The SMILES string of the molecule is CC1CCC(C(N)C2CCCCCC2)O1. The van der Waals surface area contributed by atoms with Crippen LogP contribution < -0.4 is 5.73 Å². The van der Waals surface area contributed by atoms with Crippen molar-refractivity contribution >= 4 is 0 Å². The molecule has 1 aliphatic carbocycles. The van der Waals surface area contributed by atoms with Crippen molar-refractivity contribution < 1.29 is 4.74 Å². The van der Waals surface area contributed by atoms with E-state index in [1.54, 1.807) is 0 Å². The van der Waals surface area contributed by atoms with E-state index in [4.69, 9.17) is 10.5 Å². The zero-order valence-corrected chi connectivity index (χ0v) is 9.95. The summed E-state index contributed by atoms with van der Waals surface area (Å²) in [6, 6.07) is 0.299. The van der Waals surface area contributed by atoms with Gasteiger partial charge in [0.1, 0.15) is 0 Å². The predicted molar refractivity (Wildman–Crippen MR) is 62.7 cm³/mol. The monoisotopic (exact) mass is 211 g/mol. The molecular weight excluding hydrogens is 186 g/mol. The van der Waals surface area contributed by atoms with Crippen molar-refractivity contribution in [3.63, 3.8) is 0 Å². The van der Waals surface area contributed by atoms with Crippen molar-refractivity contribution in [3.8, 4) is 0 Å². The summed E-state index contributed by atoms with van der Waals surface area (Å²) in [5, 5.41) is 0. The third-order valence-electron chi connectivity index (χ3n) is 4.14. The fraction of sp³-hybridized carbons (Fsp3) is 1.00. The minimum absolute atomic E-state index is 0.299. The lowest BCUT2D eigenvalue weighted by molar-refractivity contribution is 0.0256. The van der Waals surface area contributed by atoms with Gasteiger partial charge in [-0.3, -0.25) is 0 Å². The van der Waals surface area contributed by atoms with Crippen LogP contribution >= 0.6 is 0 Å². The minimum Gasteiger partial charge on any atom is -0.374 e. The average molecular weight is 211 g/mol. The second-order valence-corrected chi connectivity index (χ2v) is 5.39. The first-order valence-electron chi connectivity index (χ1n) is 6.68. The van der Waals surface area contributed by atoms with Crippen LogP contribution in [0.2, 0.25) is 0 Å². The molecule has 1 aliphatic heterocycles. The van der Waals surface area contributed by atoms with E-state index in [2.05, 4.69) is 6.92 Å². The Labute approximate surface area is 93.6 Å². The minimum atomic E-state index is 0.299. The van der Waals surface area contributed by atoms with Crippen LogP contribution in [-0.2, 0) is 4.74 Å². The Morgan fingerprint density at radius 2 is 1.67 bits per heavy atom. The van der Waals surface area contributed by atoms with Crippen molar-refractivity contribution in [1.82, 2.24) is 0 Å². The van der Waals surface area contributed by atoms with Crippen molar-refractivity contribution in [2.75, 3.05) is 0 Å². The van der Waals surface area contributed by atoms with Gasteiger partial charge >= 0.3 is 0 Å². The Morgan fingerprint density at radius 3 is 2.20 bits per heavy atom. The third kappa shape index (κ3) is 2.94. The maximum Gasteiger partial charge on any atom is 0.0733 e. The van der Waals surface area contributed by atoms with Crippen molar-refractivity contribution in [1.29, 1.82) is 0 Å². The Kier molecular flexibility index (Phi) is 4.04. The molecule has 0 aromatic rings. The Hall–Kier alpha value is -0.0800. The zero-order valence-electron chi connectivity index (χ0n) is 9.95. The first-order valence-corrected chi connectivity index (χ1v) is 6.68. The molecule has 1 heterocycles. The van der Waals surface area contributed by atoms with Gasteiger partial charge in [0.15, 0.2) is 0 Å². The summed E-state index contributed by atoms with van der Waals surface area (Å²) in [6.45, 7) is 2.17. The van der Waals surface area contributed by atoms with E-state index in [1.807, 2.05) is 0 Å². The molecule has 2 N–H and O–H groups in total. The van der Waals surface area contributed by atoms with E-state index in [0.717, 1.165) is 5.92 Å². The second-order valence-electron chi connectivity index (χ2n) is 5.39. The smallest absolute Gasteiger partial charge is 0.0733 e. The lowest BCUT2D eigenvalue weighted by atomic mass is 9.88. The third-order valence-corrected chi connectivity index (χ3v) is 4.14. The molecule has 3 unspecified atom stereocenters. The number of hydrogen-bond donors (Lipinski definition) is 1. The number of nitrogens with two attached hydrogens (primary N) is 1. The Bertz CT molecular complexity index is 187. The van der Waals surface area contributed by atoms with E-state index in [1.165, 1.54) is 51.4 Å². The molecule has 0 amide bonds. The molecule has 0 radical (unpaired) electrons. The molecule has 0 aromatic carbocycles. The molecule has 2 aliphatic rings. The summed E-state index contributed by atoms with van der Waals surface area (Å²) in [5.41, 5.74) is 6.36. The fourth-order valence-electron chi connectivity index (χ4n) is 3.12. The van der Waals surface area contributed by atoms with E-state index in [0.29, 0.717) is 18.2 Å². The summed E-state index contributed by atoms with van der Waals surface area (Å²) >= 11 is 0. The topological polar surface area (TPSA) is 35.2 Å². The Morgan fingerprint density at radius 1 is 1.00 bits per heavy atom. The highest BCUT2D eigenvalue weighted by atomic mass is 16.5. The van der Waals surface area contributed by atoms with Gasteiger partial charge in [0.25, 0.3) is 0 Å². The first-order chi connectivity index (χ1) is 7.27. The molecule has 2 heteroatoms. The molecule has 1 saturated heterocycles. The number of ether oxygens (including phenoxy) is 1. The molecular formula is C13H25NO. The molecule has 2 nitrogen and oxygen atoms in total. The molecule has 15 heavy (non-hydrogen) atoms. The van der Waals surface area contributed by atoms with Crippen LogP contribution in [-0.4, -0.2) is 18.2 Å². The number of hydrogen-bond acceptors (Lipinski definition) is 2. The van der Waals surface area contributed by atoms with Crippen LogP contribution in [0.4, 0.5) is 0 Å². The van der Waals surface area contributed by atoms with E-state index in [9.17, 15) is 0 Å². The van der Waals surface area contributed by atoms with Crippen LogP contribution in [0, 0.1) is 5.92 Å². The molecule has 3 atom stereocenters. The van der Waals surface area contributed by atoms with Crippen LogP contribution in [0.5, 0.6) is 0 Å². The summed E-state index contributed by atoms with van der Waals surface area (Å²) in [7, 11) is 0. The molecule has 0 bridgehead atoms. The van der Waals surface area contributed by atoms with Gasteiger partial charge in [0.05, 0.1) is 12.2 Å². The molecule has 2 rings (SSSR count). The molecule has 2 fully saturated rings. The van der Waals surface area contributed by atoms with Crippen LogP contribution in [0.25, 0.3) is 0 Å². The lowest BCUT2D eigenvalue weighted by Gasteiger charge is -2.27. The zero-order chi connectivity index (χ0) is 10.7. The largest absolute Gasteiger partial charge is 0.374 e. The normalized spacial score (nSPS) is 36.4. The van der Waals surface area contributed by atoms with Crippen LogP contribution in [0.3, 0.4) is 0 Å². The Balaban J connectivity index is 1.85. The highest BCUT2D eigenvalue weighted by Gasteiger charge is 2.32. The highest BCUT2D eigenvalue weighted by Crippen LogP contribution is 2.30. The lowest BCUT2D eigenvalue weighted by Crippen LogP contribution is -2.41. The van der Waals surface area contributed by atoms with Gasteiger partial charge in [-0.1, -0.05) is 25.7 Å². The van der Waals surface area contributed by atoms with Gasteiger partial charge in [-0.2, -0.15) is 0 Å². The van der Waals surface area contributed by atoms with Gasteiger partial charge in [-0.25, -0.2) is 0 Å². The number of rotatable bonds is 2. The highest BCUT2D eigenvalue weighted by molar-refractivity contribution is 4.86. The van der Waals surface area contributed by atoms with Gasteiger partial charge < -0.3 is 10.5 Å². The summed E-state index contributed by atoms with van der Waals surface area (Å²) in [6.07, 6.45) is 11.4. The van der Waals surface area contributed by atoms with Gasteiger partial charge in [0.2, 0.25) is 0 Å². The van der Waals surface area contributed by atoms with E-state index < -0.39 is 0 Å². The molecule has 88 valence electrons. The van der Waals surface area contributed by atoms with Gasteiger partial charge in [-0.15, -0.1) is 0 Å². The summed E-state index contributed by atoms with van der Waals surface area (Å²) in [4.78, 5) is 0. The van der Waals surface area contributed by atoms with Gasteiger partial charge in [-0.05, 0) is 38.5 Å². The van der Waals surface area contributed by atoms with Crippen molar-refractivity contribution in [3.05, 3.63) is 0 Å². The molecule has 1 saturated carbocycles. The predicted octanol–water partition coefficient (Wildman–Crippen LogP) is 2.85. The summed E-state index contributed by atoms with van der Waals surface area (Å²) < 4.78 is 5.89.